The van der Waals surface area contributed by atoms with Gasteiger partial charge in [0.2, 0.25) is 5.91 Å². The van der Waals surface area contributed by atoms with Crippen molar-refractivity contribution < 1.29 is 43.0 Å². The first-order chi connectivity index (χ1) is 21.6. The van der Waals surface area contributed by atoms with Gasteiger partial charge < -0.3 is 24.8 Å². The normalized spacial score (nSPS) is 12.4. The maximum Gasteiger partial charge on any atom is 0.429 e. The van der Waals surface area contributed by atoms with Crippen molar-refractivity contribution in [2.45, 2.75) is 91.4 Å². The zero-order chi connectivity index (χ0) is 34.3. The molecular weight excluding hydrogens is 598 g/mol. The van der Waals surface area contributed by atoms with Crippen molar-refractivity contribution in [3.05, 3.63) is 71.8 Å². The number of carbonyl (C=O) groups is 5. The van der Waals surface area contributed by atoms with Crippen LogP contribution in [0.25, 0.3) is 0 Å². The lowest BCUT2D eigenvalue weighted by Gasteiger charge is -2.29. The molecule has 0 spiro atoms. The highest BCUT2D eigenvalue weighted by Gasteiger charge is 2.33. The molecule has 0 aromatic heterocycles. The van der Waals surface area contributed by atoms with E-state index >= 15 is 0 Å². The van der Waals surface area contributed by atoms with E-state index in [-0.39, 0.29) is 13.0 Å². The first-order valence-electron chi connectivity index (χ1n) is 14.9. The van der Waals surface area contributed by atoms with Gasteiger partial charge in [-0.25, -0.2) is 30.3 Å². The summed E-state index contributed by atoms with van der Waals surface area (Å²) in [5.41, 5.74) is 5.23. The molecule has 0 unspecified atom stereocenters. The number of hydrazine groups is 1. The molecule has 14 nitrogen and oxygen atoms in total. The molecule has 0 saturated carbocycles. The van der Waals surface area contributed by atoms with Crippen LogP contribution < -0.4 is 21.5 Å². The molecule has 0 heterocycles. The Kier molecular flexibility index (Phi) is 14.8. The number of carbonyl (C=O) groups excluding carboxylic acids is 5. The highest BCUT2D eigenvalue weighted by Crippen LogP contribution is 2.09. The predicted octanol–water partition coefficient (Wildman–Crippen LogP) is 3.75. The SMILES string of the molecule is CC(C)OC(=O)NN(C[C@H](NC(=O)OC(C)(C)C)C(=O)N[C@@H](Cc1ccccc1)C(=O)NOCc1ccccc1)C(=O)OC(C)C. The molecule has 2 aromatic rings. The quantitative estimate of drug-likeness (QED) is 0.187. The van der Waals surface area contributed by atoms with E-state index < -0.39 is 66.5 Å². The minimum Gasteiger partial charge on any atom is -0.446 e. The van der Waals surface area contributed by atoms with E-state index in [0.717, 1.165) is 11.1 Å². The molecule has 2 rings (SSSR count). The van der Waals surface area contributed by atoms with Gasteiger partial charge in [-0.15, -0.1) is 0 Å². The van der Waals surface area contributed by atoms with Gasteiger partial charge in [0.25, 0.3) is 5.91 Å². The summed E-state index contributed by atoms with van der Waals surface area (Å²) in [6.07, 6.45) is -4.05. The van der Waals surface area contributed by atoms with Crippen LogP contribution >= 0.6 is 0 Å². The smallest absolute Gasteiger partial charge is 0.429 e. The van der Waals surface area contributed by atoms with E-state index in [2.05, 4.69) is 21.5 Å². The van der Waals surface area contributed by atoms with Gasteiger partial charge in [0, 0.05) is 6.42 Å². The van der Waals surface area contributed by atoms with E-state index in [1.807, 2.05) is 36.4 Å². The molecule has 0 saturated heterocycles. The zero-order valence-electron chi connectivity index (χ0n) is 27.3. The summed E-state index contributed by atoms with van der Waals surface area (Å²) in [5.74, 6) is -1.54. The van der Waals surface area contributed by atoms with E-state index in [1.165, 1.54) is 0 Å². The Morgan fingerprint density at radius 3 is 1.83 bits per heavy atom. The van der Waals surface area contributed by atoms with Gasteiger partial charge in [-0.05, 0) is 59.6 Å². The lowest BCUT2D eigenvalue weighted by molar-refractivity contribution is -0.139. The summed E-state index contributed by atoms with van der Waals surface area (Å²) in [7, 11) is 0. The predicted molar refractivity (Wildman–Crippen MR) is 168 cm³/mol. The van der Waals surface area contributed by atoms with Crippen LogP contribution in [0.15, 0.2) is 60.7 Å². The second kappa shape index (κ2) is 18.2. The molecule has 2 aromatic carbocycles. The van der Waals surface area contributed by atoms with Crippen molar-refractivity contribution in [3.8, 4) is 0 Å². The van der Waals surface area contributed by atoms with Gasteiger partial charge in [-0.2, -0.15) is 0 Å². The monoisotopic (exact) mass is 643 g/mol. The number of hydrogen-bond donors (Lipinski definition) is 4. The Bertz CT molecular complexity index is 1280. The molecular formula is C32H45N5O9. The van der Waals surface area contributed by atoms with E-state index in [1.54, 1.807) is 72.7 Å². The highest BCUT2D eigenvalue weighted by atomic mass is 16.7. The Hall–Kier alpha value is -4.85. The molecule has 2 atom stereocenters. The summed E-state index contributed by atoms with van der Waals surface area (Å²) in [5, 5.41) is 5.75. The Morgan fingerprint density at radius 1 is 0.717 bits per heavy atom. The molecule has 0 fully saturated rings. The van der Waals surface area contributed by atoms with Crippen molar-refractivity contribution in [2.24, 2.45) is 0 Å². The summed E-state index contributed by atoms with van der Waals surface area (Å²) >= 11 is 0. The van der Waals surface area contributed by atoms with Crippen LogP contribution in [0.4, 0.5) is 14.4 Å². The number of ether oxygens (including phenoxy) is 3. The first kappa shape index (κ1) is 37.3. The molecule has 252 valence electrons. The number of amides is 5. The van der Waals surface area contributed by atoms with Gasteiger partial charge in [0.05, 0.1) is 25.4 Å². The second-order valence-corrected chi connectivity index (χ2v) is 11.8. The zero-order valence-corrected chi connectivity index (χ0v) is 27.3. The fourth-order valence-corrected chi connectivity index (χ4v) is 3.78. The molecule has 0 bridgehead atoms. The highest BCUT2D eigenvalue weighted by molar-refractivity contribution is 5.91. The van der Waals surface area contributed by atoms with Crippen LogP contribution in [0.1, 0.15) is 59.6 Å². The van der Waals surface area contributed by atoms with Gasteiger partial charge in [0.1, 0.15) is 17.7 Å². The number of nitrogens with zero attached hydrogens (tertiary/aromatic N) is 1. The standard InChI is InChI=1S/C32H45N5O9/c1-21(2)44-30(41)35-37(31(42)45-22(3)4)19-26(34-29(40)46-32(5,6)7)27(38)33-25(18-23-14-10-8-11-15-23)28(39)36-43-20-24-16-12-9-13-17-24/h8-17,21-22,25-26H,18-20H2,1-7H3,(H,33,38)(H,34,40)(H,35,41)(H,36,39)/t25-,26-/m0/s1. The lowest BCUT2D eigenvalue weighted by atomic mass is 10.0. The van der Waals surface area contributed by atoms with E-state index in [4.69, 9.17) is 19.0 Å². The summed E-state index contributed by atoms with van der Waals surface area (Å²) < 4.78 is 15.6. The Balaban J connectivity index is 2.33. The van der Waals surface area contributed by atoms with Crippen molar-refractivity contribution in [2.75, 3.05) is 6.54 Å². The van der Waals surface area contributed by atoms with Crippen LogP contribution in [0.3, 0.4) is 0 Å². The summed E-state index contributed by atoms with van der Waals surface area (Å²) in [6.45, 7) is 10.8. The third kappa shape index (κ3) is 14.8. The van der Waals surface area contributed by atoms with Crippen LogP contribution in [0.2, 0.25) is 0 Å². The number of alkyl carbamates (subject to hydrolysis) is 1. The maximum absolute atomic E-state index is 13.8. The molecule has 14 heteroatoms. The summed E-state index contributed by atoms with van der Waals surface area (Å²) in [4.78, 5) is 70.6. The Morgan fingerprint density at radius 2 is 1.28 bits per heavy atom. The van der Waals surface area contributed by atoms with Crippen LogP contribution in [0, 0.1) is 0 Å². The average Bonchev–Trinajstić information content (AvgIpc) is 2.95. The fraction of sp³-hybridized carbons (Fsp3) is 0.469. The fourth-order valence-electron chi connectivity index (χ4n) is 3.78. The minimum atomic E-state index is -1.54. The number of rotatable bonds is 13. The van der Waals surface area contributed by atoms with Crippen LogP contribution in [-0.4, -0.2) is 71.5 Å². The van der Waals surface area contributed by atoms with Crippen molar-refractivity contribution in [1.82, 2.24) is 26.5 Å². The molecule has 0 aliphatic carbocycles. The molecule has 0 aliphatic heterocycles. The number of nitrogens with one attached hydrogen (secondary N) is 4. The van der Waals surface area contributed by atoms with E-state index in [9.17, 15) is 24.0 Å². The van der Waals surface area contributed by atoms with Crippen LogP contribution in [-0.2, 0) is 41.7 Å². The Labute approximate surface area is 269 Å². The summed E-state index contributed by atoms with van der Waals surface area (Å²) in [6, 6.07) is 15.4. The van der Waals surface area contributed by atoms with Gasteiger partial charge in [0.15, 0.2) is 0 Å². The largest absolute Gasteiger partial charge is 0.446 e. The number of hydrogen-bond acceptors (Lipinski definition) is 9. The second-order valence-electron chi connectivity index (χ2n) is 11.8. The van der Waals surface area contributed by atoms with E-state index in [0.29, 0.717) is 5.01 Å². The number of benzene rings is 2. The molecule has 0 radical (unpaired) electrons. The van der Waals surface area contributed by atoms with Gasteiger partial charge >= 0.3 is 18.3 Å². The van der Waals surface area contributed by atoms with Crippen molar-refractivity contribution in [1.29, 1.82) is 0 Å². The first-order valence-corrected chi connectivity index (χ1v) is 14.9. The lowest BCUT2D eigenvalue weighted by Crippen LogP contribution is -2.60. The molecule has 0 aliphatic rings. The third-order valence-electron chi connectivity index (χ3n) is 5.67. The third-order valence-corrected chi connectivity index (χ3v) is 5.67. The molecule has 4 N–H and O–H groups in total. The maximum atomic E-state index is 13.8. The van der Waals surface area contributed by atoms with Gasteiger partial charge in [-0.1, -0.05) is 60.7 Å². The molecule has 46 heavy (non-hydrogen) atoms. The number of hydroxylamine groups is 1. The average molecular weight is 644 g/mol. The topological polar surface area (TPSA) is 174 Å². The van der Waals surface area contributed by atoms with Crippen molar-refractivity contribution in [3.63, 3.8) is 0 Å². The minimum absolute atomic E-state index is 0.0599. The van der Waals surface area contributed by atoms with Crippen LogP contribution in [0.5, 0.6) is 0 Å². The van der Waals surface area contributed by atoms with Gasteiger partial charge in [-0.3, -0.25) is 14.4 Å². The van der Waals surface area contributed by atoms with Crippen molar-refractivity contribution >= 4 is 30.1 Å². The molecule has 5 amide bonds.